The molecule has 0 aromatic heterocycles. The van der Waals surface area contributed by atoms with E-state index in [0.29, 0.717) is 0 Å². The van der Waals surface area contributed by atoms with Crippen molar-refractivity contribution in [3.8, 4) is 0 Å². The second kappa shape index (κ2) is 9.27. The van der Waals surface area contributed by atoms with Crippen LogP contribution in [0.25, 0.3) is 5.70 Å². The summed E-state index contributed by atoms with van der Waals surface area (Å²) < 4.78 is 0. The summed E-state index contributed by atoms with van der Waals surface area (Å²) in [7, 11) is 0. The molecule has 3 rings (SSSR count). The van der Waals surface area contributed by atoms with Gasteiger partial charge in [-0.25, -0.2) is 0 Å². The summed E-state index contributed by atoms with van der Waals surface area (Å²) in [6.07, 6.45) is 13.7. The van der Waals surface area contributed by atoms with Crippen molar-refractivity contribution in [1.82, 2.24) is 5.32 Å². The minimum atomic E-state index is 0.924. The summed E-state index contributed by atoms with van der Waals surface area (Å²) in [4.78, 5) is 0. The summed E-state index contributed by atoms with van der Waals surface area (Å²) in [6.45, 7) is 3.18. The Bertz CT molecular complexity index is 722. The normalized spacial score (nSPS) is 13.4. The second-order valence-corrected chi connectivity index (χ2v) is 6.81. The third kappa shape index (κ3) is 5.09. The summed E-state index contributed by atoms with van der Waals surface area (Å²) in [5.41, 5.74) is 7.03. The average molecular weight is 332 g/mol. The Balaban J connectivity index is 1.48. The van der Waals surface area contributed by atoms with E-state index in [1.165, 1.54) is 60.9 Å². The van der Waals surface area contributed by atoms with Gasteiger partial charge in [0.25, 0.3) is 0 Å². The zero-order chi connectivity index (χ0) is 17.3. The van der Waals surface area contributed by atoms with Crippen molar-refractivity contribution in [3.05, 3.63) is 89.0 Å². The molecule has 1 heterocycles. The van der Waals surface area contributed by atoms with Crippen LogP contribution in [0.2, 0.25) is 0 Å². The van der Waals surface area contributed by atoms with E-state index in [1.807, 2.05) is 0 Å². The maximum Gasteiger partial charge on any atom is 0.0416 e. The lowest BCUT2D eigenvalue weighted by molar-refractivity contribution is 0.727. The van der Waals surface area contributed by atoms with Gasteiger partial charge in [0.15, 0.2) is 0 Å². The van der Waals surface area contributed by atoms with E-state index in [2.05, 4.69) is 79.0 Å². The predicted molar refractivity (Wildman–Crippen MR) is 109 cm³/mol. The molecule has 130 valence electrons. The monoisotopic (exact) mass is 331 g/mol. The number of dihydropyridines is 1. The number of hydrogen-bond acceptors (Lipinski definition) is 1. The van der Waals surface area contributed by atoms with E-state index < -0.39 is 0 Å². The van der Waals surface area contributed by atoms with Crippen molar-refractivity contribution >= 4 is 5.70 Å². The Morgan fingerprint density at radius 2 is 1.56 bits per heavy atom. The standard InChI is InChI=1S/C24H29N/c1-2-9-21-11-5-6-13-22(21)12-4-3-10-20-15-17-23(18-16-20)24-14-7-8-19-25-24/h5-8,11,13-18,25H,2-4,9-10,12,19H2,1H3. The topological polar surface area (TPSA) is 12.0 Å². The van der Waals surface area contributed by atoms with Crippen LogP contribution in [0, 0.1) is 0 Å². The first kappa shape index (κ1) is 17.5. The molecule has 2 aromatic rings. The largest absolute Gasteiger partial charge is 0.381 e. The first-order valence-corrected chi connectivity index (χ1v) is 9.63. The molecule has 1 heteroatoms. The van der Waals surface area contributed by atoms with Crippen molar-refractivity contribution in [2.75, 3.05) is 6.54 Å². The lowest BCUT2D eigenvalue weighted by Crippen LogP contribution is -2.14. The van der Waals surface area contributed by atoms with Crippen LogP contribution in [0.1, 0.15) is 48.4 Å². The fraction of sp³-hybridized carbons (Fsp3) is 0.333. The van der Waals surface area contributed by atoms with Gasteiger partial charge in [-0.3, -0.25) is 0 Å². The molecule has 0 saturated heterocycles. The number of rotatable bonds is 8. The van der Waals surface area contributed by atoms with E-state index in [9.17, 15) is 0 Å². The van der Waals surface area contributed by atoms with E-state index in [-0.39, 0.29) is 0 Å². The number of nitrogens with one attached hydrogen (secondary N) is 1. The molecule has 2 aromatic carbocycles. The van der Waals surface area contributed by atoms with Gasteiger partial charge in [-0.1, -0.05) is 74.0 Å². The van der Waals surface area contributed by atoms with Gasteiger partial charge < -0.3 is 5.32 Å². The van der Waals surface area contributed by atoms with Crippen LogP contribution in [0.15, 0.2) is 66.8 Å². The molecule has 1 nitrogen and oxygen atoms in total. The predicted octanol–water partition coefficient (Wildman–Crippen LogP) is 5.70. The van der Waals surface area contributed by atoms with Crippen LogP contribution in [0.5, 0.6) is 0 Å². The average Bonchev–Trinajstić information content (AvgIpc) is 2.68. The Morgan fingerprint density at radius 1 is 0.840 bits per heavy atom. The van der Waals surface area contributed by atoms with Crippen molar-refractivity contribution in [2.24, 2.45) is 0 Å². The number of aryl methyl sites for hydroxylation is 3. The molecule has 1 aliphatic rings. The highest BCUT2D eigenvalue weighted by Crippen LogP contribution is 2.17. The molecular weight excluding hydrogens is 302 g/mol. The quantitative estimate of drug-likeness (QED) is 0.611. The summed E-state index contributed by atoms with van der Waals surface area (Å²) in [6, 6.07) is 18.0. The van der Waals surface area contributed by atoms with Gasteiger partial charge in [0.1, 0.15) is 0 Å². The molecule has 25 heavy (non-hydrogen) atoms. The second-order valence-electron chi connectivity index (χ2n) is 6.81. The van der Waals surface area contributed by atoms with Crippen LogP contribution in [-0.2, 0) is 19.3 Å². The van der Waals surface area contributed by atoms with Crippen LogP contribution in [0.4, 0.5) is 0 Å². The summed E-state index contributed by atoms with van der Waals surface area (Å²) in [5, 5.41) is 3.42. The highest BCUT2D eigenvalue weighted by molar-refractivity contribution is 5.66. The third-order valence-corrected chi connectivity index (χ3v) is 4.87. The third-order valence-electron chi connectivity index (χ3n) is 4.87. The van der Waals surface area contributed by atoms with Gasteiger partial charge in [0, 0.05) is 12.2 Å². The smallest absolute Gasteiger partial charge is 0.0416 e. The van der Waals surface area contributed by atoms with Crippen LogP contribution in [0.3, 0.4) is 0 Å². The van der Waals surface area contributed by atoms with Gasteiger partial charge in [0.2, 0.25) is 0 Å². The van der Waals surface area contributed by atoms with Crippen LogP contribution in [-0.4, -0.2) is 6.54 Å². The maximum absolute atomic E-state index is 3.42. The highest BCUT2D eigenvalue weighted by Gasteiger charge is 2.03. The van der Waals surface area contributed by atoms with Crippen molar-refractivity contribution in [2.45, 2.75) is 45.4 Å². The molecule has 0 aliphatic carbocycles. The minimum Gasteiger partial charge on any atom is -0.381 e. The molecule has 0 atom stereocenters. The molecule has 1 aliphatic heterocycles. The molecular formula is C24H29N. The molecule has 0 saturated carbocycles. The minimum absolute atomic E-state index is 0.924. The van der Waals surface area contributed by atoms with Crippen molar-refractivity contribution in [3.63, 3.8) is 0 Å². The molecule has 0 radical (unpaired) electrons. The number of unbranched alkanes of at least 4 members (excludes halogenated alkanes) is 1. The maximum atomic E-state index is 3.42. The van der Waals surface area contributed by atoms with Crippen LogP contribution >= 0.6 is 0 Å². The zero-order valence-corrected chi connectivity index (χ0v) is 15.3. The fourth-order valence-corrected chi connectivity index (χ4v) is 3.47. The Labute approximate surface area is 152 Å². The molecule has 0 fully saturated rings. The number of allylic oxidation sites excluding steroid dienone is 2. The lowest BCUT2D eigenvalue weighted by Gasteiger charge is -2.13. The SMILES string of the molecule is CCCc1ccccc1CCCCc1ccc(C2=CC=CCN2)cc1. The number of benzene rings is 2. The Morgan fingerprint density at radius 3 is 2.24 bits per heavy atom. The molecule has 0 amide bonds. The van der Waals surface area contributed by atoms with Gasteiger partial charge in [-0.15, -0.1) is 0 Å². The molecule has 1 N–H and O–H groups in total. The van der Waals surface area contributed by atoms with Crippen LogP contribution < -0.4 is 5.32 Å². The fourth-order valence-electron chi connectivity index (χ4n) is 3.47. The Hall–Kier alpha value is -2.28. The molecule has 0 spiro atoms. The van der Waals surface area contributed by atoms with Gasteiger partial charge in [0.05, 0.1) is 0 Å². The summed E-state index contributed by atoms with van der Waals surface area (Å²) in [5.74, 6) is 0. The first-order valence-electron chi connectivity index (χ1n) is 9.63. The van der Waals surface area contributed by atoms with Crippen molar-refractivity contribution in [1.29, 1.82) is 0 Å². The van der Waals surface area contributed by atoms with Gasteiger partial charge in [-0.2, -0.15) is 0 Å². The lowest BCUT2D eigenvalue weighted by atomic mass is 9.97. The Kier molecular flexibility index (Phi) is 6.50. The molecule has 0 bridgehead atoms. The van der Waals surface area contributed by atoms with Gasteiger partial charge in [-0.05, 0) is 60.4 Å². The number of hydrogen-bond donors (Lipinski definition) is 1. The zero-order valence-electron chi connectivity index (χ0n) is 15.3. The van der Waals surface area contributed by atoms with E-state index in [0.717, 1.165) is 6.54 Å². The van der Waals surface area contributed by atoms with E-state index in [4.69, 9.17) is 0 Å². The van der Waals surface area contributed by atoms with E-state index in [1.54, 1.807) is 5.56 Å². The van der Waals surface area contributed by atoms with E-state index >= 15 is 0 Å². The molecule has 0 unspecified atom stereocenters. The van der Waals surface area contributed by atoms with Crippen molar-refractivity contribution < 1.29 is 0 Å². The summed E-state index contributed by atoms with van der Waals surface area (Å²) >= 11 is 0. The van der Waals surface area contributed by atoms with Gasteiger partial charge >= 0.3 is 0 Å². The highest BCUT2D eigenvalue weighted by atomic mass is 14.9. The first-order chi connectivity index (χ1) is 12.4.